The van der Waals surface area contributed by atoms with Gasteiger partial charge < -0.3 is 4.74 Å². The van der Waals surface area contributed by atoms with Gasteiger partial charge in [-0.25, -0.2) is 0 Å². The predicted molar refractivity (Wildman–Crippen MR) is 75.3 cm³/mol. The number of methoxy groups -OCH3 is 1. The Balaban J connectivity index is 3.28. The van der Waals surface area contributed by atoms with Crippen molar-refractivity contribution >= 4 is 23.2 Å². The van der Waals surface area contributed by atoms with Crippen LogP contribution in [0, 0.1) is 0 Å². The molecule has 1 aromatic rings. The van der Waals surface area contributed by atoms with Crippen LogP contribution in [0.2, 0.25) is 0 Å². The zero-order chi connectivity index (χ0) is 13.5. The van der Waals surface area contributed by atoms with Crippen molar-refractivity contribution in [2.75, 3.05) is 24.6 Å². The van der Waals surface area contributed by atoms with Crippen molar-refractivity contribution in [3.8, 4) is 0 Å². The molecular weight excluding hydrogens is 256 g/mol. The number of anilines is 1. The third kappa shape index (κ3) is 3.24. The molecule has 100 valence electrons. The molecule has 0 aromatic heterocycles. The topological polar surface area (TPSA) is 29.5 Å². The lowest BCUT2D eigenvalue weighted by Gasteiger charge is -2.26. The highest BCUT2D eigenvalue weighted by molar-refractivity contribution is 6.29. The summed E-state index contributed by atoms with van der Waals surface area (Å²) in [5, 5.41) is 0. The smallest absolute Gasteiger partial charge is 0.243 e. The SMILES string of the molecule is CC[13c]1[13cH][13cH][13cH][13c](CC)[13c]1N(COC)C(=O)CCl. The lowest BCUT2D eigenvalue weighted by Crippen LogP contribution is -2.35. The van der Waals surface area contributed by atoms with E-state index in [2.05, 4.69) is 13.8 Å². The lowest BCUT2D eigenvalue weighted by molar-refractivity contribution is -0.117. The van der Waals surface area contributed by atoms with Crippen molar-refractivity contribution in [2.24, 2.45) is 0 Å². The van der Waals surface area contributed by atoms with Crippen LogP contribution < -0.4 is 4.90 Å². The number of alkyl halides is 1. The standard InChI is InChI=1S/C14H20ClNO2/c1-4-11-7-6-8-12(5-2)14(11)16(10-18-3)13(17)9-15/h6-8H,4-5,9-10H2,1-3H3/i6+1,7+1,8+1,11+1,12+1,14+1. The molecule has 0 aliphatic carbocycles. The van der Waals surface area contributed by atoms with E-state index < -0.39 is 0 Å². The number of hydrogen-bond acceptors (Lipinski definition) is 2. The van der Waals surface area contributed by atoms with Crippen LogP contribution in [-0.4, -0.2) is 25.6 Å². The lowest BCUT2D eigenvalue weighted by atomic mass is 10.5. The van der Waals surface area contributed by atoms with Crippen LogP contribution >= 0.6 is 11.6 Å². The van der Waals surface area contributed by atoms with Gasteiger partial charge in [0, 0.05) is 7.11 Å². The summed E-state index contributed by atoms with van der Waals surface area (Å²) in [7, 11) is 1.58. The number of benzene rings is 1. The Labute approximate surface area is 114 Å². The molecule has 0 atom stereocenters. The number of aryl methyl sites for hydroxylation is 2. The summed E-state index contributed by atoms with van der Waals surface area (Å²) in [6.07, 6.45) is 1.75. The van der Waals surface area contributed by atoms with Crippen LogP contribution in [0.15, 0.2) is 18.2 Å². The average molecular weight is 276 g/mol. The minimum atomic E-state index is -0.130. The Bertz CT molecular complexity index is 385. The summed E-state index contributed by atoms with van der Waals surface area (Å²) in [6, 6.07) is 6.11. The van der Waals surface area contributed by atoms with Crippen LogP contribution in [0.4, 0.5) is 5.69 Å². The summed E-state index contributed by atoms with van der Waals surface area (Å²) in [4.78, 5) is 13.6. The maximum absolute atomic E-state index is 12.0. The van der Waals surface area contributed by atoms with Crippen molar-refractivity contribution in [3.05, 3.63) is 29.3 Å². The molecule has 0 fully saturated rings. The van der Waals surface area contributed by atoms with Gasteiger partial charge in [0.1, 0.15) is 12.6 Å². The number of halogens is 1. The van der Waals surface area contributed by atoms with Gasteiger partial charge in [0.15, 0.2) is 0 Å². The first-order chi connectivity index (χ1) is 8.69. The quantitative estimate of drug-likeness (QED) is 0.590. The van der Waals surface area contributed by atoms with Crippen LogP contribution in [0.5, 0.6) is 0 Å². The Morgan fingerprint density at radius 3 is 2.22 bits per heavy atom. The molecule has 3 nitrogen and oxygen atoms in total. The Morgan fingerprint density at radius 2 is 1.83 bits per heavy atom. The van der Waals surface area contributed by atoms with E-state index >= 15 is 0 Å². The maximum atomic E-state index is 12.0. The van der Waals surface area contributed by atoms with E-state index in [0.717, 1.165) is 29.7 Å². The molecule has 0 radical (unpaired) electrons. The second-order valence-corrected chi connectivity index (χ2v) is 4.27. The van der Waals surface area contributed by atoms with E-state index in [4.69, 9.17) is 16.3 Å². The first-order valence-corrected chi connectivity index (χ1v) is 6.69. The molecule has 0 spiro atoms. The third-order valence-electron chi connectivity index (χ3n) is 2.91. The number of amides is 1. The molecule has 0 saturated heterocycles. The summed E-state index contributed by atoms with van der Waals surface area (Å²) in [5.41, 5.74) is 3.24. The van der Waals surface area contributed by atoms with Crippen LogP contribution in [0.25, 0.3) is 0 Å². The van der Waals surface area contributed by atoms with Gasteiger partial charge in [-0.1, -0.05) is 32.0 Å². The van der Waals surface area contributed by atoms with Crippen molar-refractivity contribution in [1.29, 1.82) is 0 Å². The first-order valence-electron chi connectivity index (χ1n) is 6.15. The fourth-order valence-corrected chi connectivity index (χ4v) is 2.17. The molecule has 0 aliphatic heterocycles. The maximum Gasteiger partial charge on any atom is 0.243 e. The molecule has 0 unspecified atom stereocenters. The summed E-state index contributed by atoms with van der Waals surface area (Å²) in [5.74, 6) is -0.168. The van der Waals surface area contributed by atoms with E-state index in [1.54, 1.807) is 12.0 Å². The zero-order valence-electron chi connectivity index (χ0n) is 11.2. The highest BCUT2D eigenvalue weighted by Crippen LogP contribution is 2.27. The number of nitrogens with zero attached hydrogens (tertiary/aromatic N) is 1. The molecule has 0 N–H and O–H groups in total. The molecule has 0 heterocycles. The highest BCUT2D eigenvalue weighted by atomic mass is 35.5. The van der Waals surface area contributed by atoms with Crippen molar-refractivity contribution < 1.29 is 9.53 Å². The monoisotopic (exact) mass is 275 g/mol. The van der Waals surface area contributed by atoms with Gasteiger partial charge in [-0.15, -0.1) is 11.6 Å². The summed E-state index contributed by atoms with van der Waals surface area (Å²) < 4.78 is 5.13. The number of rotatable bonds is 6. The highest BCUT2D eigenvalue weighted by Gasteiger charge is 2.19. The largest absolute Gasteiger partial charge is 0.364 e. The molecule has 0 saturated carbocycles. The van der Waals surface area contributed by atoms with Gasteiger partial charge in [0.2, 0.25) is 5.91 Å². The average Bonchev–Trinajstić information content (AvgIpc) is 2.43. The molecule has 1 aromatic carbocycles. The van der Waals surface area contributed by atoms with Gasteiger partial charge >= 0.3 is 0 Å². The van der Waals surface area contributed by atoms with Crippen molar-refractivity contribution in [3.63, 3.8) is 0 Å². The number of ether oxygens (including phenoxy) is 1. The fourth-order valence-electron chi connectivity index (χ4n) is 2.02. The Kier molecular flexibility index (Phi) is 6.16. The van der Waals surface area contributed by atoms with E-state index in [0.29, 0.717) is 0 Å². The first kappa shape index (κ1) is 15.0. The Morgan fingerprint density at radius 1 is 1.28 bits per heavy atom. The minimum Gasteiger partial charge on any atom is -0.364 e. The van der Waals surface area contributed by atoms with Gasteiger partial charge in [-0.05, 0) is 24.0 Å². The molecule has 1 amide bonds. The molecule has 4 heteroatoms. The second-order valence-electron chi connectivity index (χ2n) is 4.01. The fraction of sp³-hybridized carbons (Fsp3) is 0.500. The van der Waals surface area contributed by atoms with Gasteiger partial charge in [-0.2, -0.15) is 0 Å². The molecular formula is C14H20ClNO2. The van der Waals surface area contributed by atoms with E-state index in [1.165, 1.54) is 0 Å². The van der Waals surface area contributed by atoms with Crippen LogP contribution in [-0.2, 0) is 22.4 Å². The summed E-state index contributed by atoms with van der Waals surface area (Å²) in [6.45, 7) is 4.39. The Hall–Kier alpha value is -1.06. The third-order valence-corrected chi connectivity index (χ3v) is 3.14. The van der Waals surface area contributed by atoms with E-state index in [9.17, 15) is 4.79 Å². The number of para-hydroxylation sites is 1. The van der Waals surface area contributed by atoms with Gasteiger partial charge in [-0.3, -0.25) is 9.69 Å². The number of carbonyl (C=O) groups is 1. The molecule has 1 rings (SSSR count). The molecule has 18 heavy (non-hydrogen) atoms. The molecule has 0 bridgehead atoms. The van der Waals surface area contributed by atoms with Crippen LogP contribution in [0.1, 0.15) is 25.0 Å². The number of hydrogen-bond donors (Lipinski definition) is 0. The van der Waals surface area contributed by atoms with Crippen LogP contribution in [0.3, 0.4) is 0 Å². The van der Waals surface area contributed by atoms with Gasteiger partial charge in [0.05, 0.1) is 5.69 Å². The second kappa shape index (κ2) is 7.39. The minimum absolute atomic E-state index is 0.0371. The normalized spacial score (nSPS) is 10.4. The number of carbonyl (C=O) groups excluding carboxylic acids is 1. The molecule has 0 aliphatic rings. The predicted octanol–water partition coefficient (Wildman–Crippen LogP) is 2.99. The van der Waals surface area contributed by atoms with Gasteiger partial charge in [0.25, 0.3) is 0 Å². The van der Waals surface area contributed by atoms with E-state index in [1.807, 2.05) is 18.2 Å². The summed E-state index contributed by atoms with van der Waals surface area (Å²) >= 11 is 5.68. The van der Waals surface area contributed by atoms with Crippen molar-refractivity contribution in [2.45, 2.75) is 26.7 Å². The van der Waals surface area contributed by atoms with Crippen molar-refractivity contribution in [1.82, 2.24) is 0 Å². The van der Waals surface area contributed by atoms with E-state index in [-0.39, 0.29) is 18.5 Å². The zero-order valence-corrected chi connectivity index (χ0v) is 12.0.